The van der Waals surface area contributed by atoms with Gasteiger partial charge >= 0.3 is 0 Å². The lowest BCUT2D eigenvalue weighted by molar-refractivity contribution is 0.286. The monoisotopic (exact) mass is 584 g/mol. The number of halogens is 1. The fraction of sp³-hybridized carbons (Fsp3) is 0.184. The zero-order chi connectivity index (χ0) is 29.3. The van der Waals surface area contributed by atoms with E-state index in [0.29, 0.717) is 35.0 Å². The number of aryl methyl sites for hydroxylation is 1. The number of methoxy groups -OCH3 is 1. The van der Waals surface area contributed by atoms with Gasteiger partial charge in [-0.15, -0.1) is 0 Å². The first kappa shape index (κ1) is 27.3. The van der Waals surface area contributed by atoms with Crippen molar-refractivity contribution >= 4 is 40.0 Å². The SMILES string of the molecule is COc1cc(C=Nc2ccc([C@@H]3Nc4ccc(C)cc4[C@H]4C=CC[C@@H]43)cc2)cc(Cl)c1OCc1cccc2ccccc12. The lowest BCUT2D eigenvalue weighted by Gasteiger charge is -2.37. The Balaban J connectivity index is 1.07. The van der Waals surface area contributed by atoms with Crippen molar-refractivity contribution in [3.63, 3.8) is 0 Å². The van der Waals surface area contributed by atoms with Crippen LogP contribution in [0.15, 0.2) is 114 Å². The minimum atomic E-state index is 0.262. The number of ether oxygens (including phenoxy) is 2. The van der Waals surface area contributed by atoms with Crippen LogP contribution >= 0.6 is 11.6 Å². The van der Waals surface area contributed by atoms with Crippen LogP contribution in [0.25, 0.3) is 10.8 Å². The summed E-state index contributed by atoms with van der Waals surface area (Å²) in [6, 6.07) is 33.8. The van der Waals surface area contributed by atoms with E-state index in [4.69, 9.17) is 26.1 Å². The molecule has 5 heteroatoms. The van der Waals surface area contributed by atoms with Crippen molar-refractivity contribution in [2.75, 3.05) is 12.4 Å². The lowest BCUT2D eigenvalue weighted by Crippen LogP contribution is -2.29. The molecule has 0 aromatic heterocycles. The maximum atomic E-state index is 6.70. The Morgan fingerprint density at radius 2 is 1.79 bits per heavy atom. The van der Waals surface area contributed by atoms with Gasteiger partial charge in [-0.1, -0.05) is 96.0 Å². The zero-order valence-electron chi connectivity index (χ0n) is 24.3. The molecule has 7 rings (SSSR count). The largest absolute Gasteiger partial charge is 0.493 e. The molecule has 0 spiro atoms. The minimum Gasteiger partial charge on any atom is -0.493 e. The third-order valence-corrected chi connectivity index (χ3v) is 8.92. The van der Waals surface area contributed by atoms with E-state index in [0.717, 1.165) is 28.6 Å². The summed E-state index contributed by atoms with van der Waals surface area (Å²) in [4.78, 5) is 4.74. The van der Waals surface area contributed by atoms with Gasteiger partial charge in [-0.3, -0.25) is 4.99 Å². The Bertz CT molecular complexity index is 1860. The van der Waals surface area contributed by atoms with Crippen molar-refractivity contribution in [3.8, 4) is 11.5 Å². The molecule has 0 saturated heterocycles. The van der Waals surface area contributed by atoms with E-state index in [1.54, 1.807) is 7.11 Å². The van der Waals surface area contributed by atoms with Crippen LogP contribution in [0, 0.1) is 12.8 Å². The number of fused-ring (bicyclic) bond motifs is 4. The van der Waals surface area contributed by atoms with Crippen molar-refractivity contribution in [2.24, 2.45) is 10.9 Å². The summed E-state index contributed by atoms with van der Waals surface area (Å²) < 4.78 is 11.8. The molecule has 214 valence electrons. The van der Waals surface area contributed by atoms with Gasteiger partial charge in [0.25, 0.3) is 0 Å². The smallest absolute Gasteiger partial charge is 0.180 e. The molecule has 1 N–H and O–H groups in total. The van der Waals surface area contributed by atoms with Crippen molar-refractivity contribution in [3.05, 3.63) is 142 Å². The molecule has 0 fully saturated rings. The summed E-state index contributed by atoms with van der Waals surface area (Å²) in [6.07, 6.45) is 7.61. The molecule has 0 radical (unpaired) electrons. The van der Waals surface area contributed by atoms with Crippen molar-refractivity contribution in [2.45, 2.75) is 31.9 Å². The predicted octanol–water partition coefficient (Wildman–Crippen LogP) is 9.97. The Morgan fingerprint density at radius 3 is 2.65 bits per heavy atom. The van der Waals surface area contributed by atoms with E-state index in [1.807, 2.05) is 36.5 Å². The molecule has 3 atom stereocenters. The molecule has 5 aromatic carbocycles. The van der Waals surface area contributed by atoms with Gasteiger partial charge in [0.2, 0.25) is 0 Å². The number of nitrogens with zero attached hydrogens (tertiary/aromatic N) is 1. The van der Waals surface area contributed by atoms with Crippen LogP contribution < -0.4 is 14.8 Å². The third-order valence-electron chi connectivity index (χ3n) is 8.64. The molecule has 5 aromatic rings. The Labute approximate surface area is 257 Å². The van der Waals surface area contributed by atoms with Crippen LogP contribution in [0.3, 0.4) is 0 Å². The second-order valence-corrected chi connectivity index (χ2v) is 11.8. The molecule has 1 aliphatic heterocycles. The average molecular weight is 585 g/mol. The molecule has 0 bridgehead atoms. The van der Waals surface area contributed by atoms with Crippen LogP contribution in [0.4, 0.5) is 11.4 Å². The topological polar surface area (TPSA) is 42.8 Å². The highest BCUT2D eigenvalue weighted by Crippen LogP contribution is 2.50. The van der Waals surface area contributed by atoms with E-state index < -0.39 is 0 Å². The van der Waals surface area contributed by atoms with E-state index in [-0.39, 0.29) is 6.04 Å². The second kappa shape index (κ2) is 11.6. The number of aliphatic imine (C=N–C) groups is 1. The standard InChI is InChI=1S/C38H33ClN2O2/c1-24-13-18-35-33(19-24)31-11-6-12-32(31)37(41-35)27-14-16-29(17-15-27)40-22-25-20-34(39)38(36(21-25)42-2)43-23-28-9-5-8-26-7-3-4-10-30(26)28/h3-11,13-22,31-32,37,41H,12,23H2,1-2H3/t31-,32-,37-/m0/s1. The summed E-state index contributed by atoms with van der Waals surface area (Å²) in [5.74, 6) is 2.07. The molecule has 1 aliphatic carbocycles. The summed E-state index contributed by atoms with van der Waals surface area (Å²) in [7, 11) is 1.62. The fourth-order valence-electron chi connectivity index (χ4n) is 6.48. The van der Waals surface area contributed by atoms with E-state index in [9.17, 15) is 0 Å². The first-order valence-corrected chi connectivity index (χ1v) is 15.1. The van der Waals surface area contributed by atoms with E-state index in [1.165, 1.54) is 27.8 Å². The van der Waals surface area contributed by atoms with Crippen molar-refractivity contribution < 1.29 is 9.47 Å². The van der Waals surface area contributed by atoms with Gasteiger partial charge in [0, 0.05) is 17.8 Å². The first-order valence-electron chi connectivity index (χ1n) is 14.7. The number of benzene rings is 5. The lowest BCUT2D eigenvalue weighted by atomic mass is 9.76. The highest BCUT2D eigenvalue weighted by molar-refractivity contribution is 6.32. The van der Waals surface area contributed by atoms with E-state index in [2.05, 4.69) is 91.1 Å². The molecule has 0 amide bonds. The molecule has 2 aliphatic rings. The Hall–Kier alpha value is -4.54. The molecule has 4 nitrogen and oxygen atoms in total. The summed E-state index contributed by atoms with van der Waals surface area (Å²) >= 11 is 6.70. The van der Waals surface area contributed by atoms with Crippen LogP contribution in [0.1, 0.15) is 46.2 Å². The number of nitrogens with one attached hydrogen (secondary N) is 1. The molecular weight excluding hydrogens is 552 g/mol. The normalized spacial score (nSPS) is 18.8. The molecule has 0 saturated carbocycles. The third kappa shape index (κ3) is 5.39. The molecular formula is C38H33ClN2O2. The van der Waals surface area contributed by atoms with Crippen molar-refractivity contribution in [1.29, 1.82) is 0 Å². The van der Waals surface area contributed by atoms with Gasteiger partial charge < -0.3 is 14.8 Å². The summed E-state index contributed by atoms with van der Waals surface area (Å²) in [6.45, 7) is 2.55. The second-order valence-electron chi connectivity index (χ2n) is 11.4. The number of hydrogen-bond acceptors (Lipinski definition) is 4. The fourth-order valence-corrected chi connectivity index (χ4v) is 6.76. The van der Waals surface area contributed by atoms with Crippen molar-refractivity contribution in [1.82, 2.24) is 0 Å². The molecule has 0 unspecified atom stereocenters. The Kier molecular flexibility index (Phi) is 7.38. The molecule has 1 heterocycles. The Morgan fingerprint density at radius 1 is 0.953 bits per heavy atom. The van der Waals surface area contributed by atoms with Gasteiger partial charge in [0.1, 0.15) is 6.61 Å². The highest BCUT2D eigenvalue weighted by Gasteiger charge is 2.37. The minimum absolute atomic E-state index is 0.262. The van der Waals surface area contributed by atoms with Crippen LogP contribution in [0.2, 0.25) is 5.02 Å². The maximum Gasteiger partial charge on any atom is 0.180 e. The van der Waals surface area contributed by atoms with Gasteiger partial charge in [-0.05, 0) is 82.6 Å². The number of hydrogen-bond donors (Lipinski definition) is 1. The molecule has 43 heavy (non-hydrogen) atoms. The summed E-state index contributed by atoms with van der Waals surface area (Å²) in [5, 5.41) is 6.64. The number of allylic oxidation sites excluding steroid dienone is 2. The van der Waals surface area contributed by atoms with Gasteiger partial charge in [0.05, 0.1) is 23.9 Å². The quantitative estimate of drug-likeness (QED) is 0.153. The highest BCUT2D eigenvalue weighted by atomic mass is 35.5. The van der Waals surface area contributed by atoms with E-state index >= 15 is 0 Å². The number of anilines is 1. The maximum absolute atomic E-state index is 6.70. The average Bonchev–Trinajstić information content (AvgIpc) is 3.54. The van der Waals surface area contributed by atoms with Crippen LogP contribution in [0.5, 0.6) is 11.5 Å². The summed E-state index contributed by atoms with van der Waals surface area (Å²) in [5.41, 5.74) is 8.04. The van der Waals surface area contributed by atoms with Crippen LogP contribution in [-0.2, 0) is 6.61 Å². The first-order chi connectivity index (χ1) is 21.1. The van der Waals surface area contributed by atoms with Crippen LogP contribution in [-0.4, -0.2) is 13.3 Å². The van der Waals surface area contributed by atoms with Gasteiger partial charge in [0.15, 0.2) is 11.5 Å². The predicted molar refractivity (Wildman–Crippen MR) is 178 cm³/mol. The zero-order valence-corrected chi connectivity index (χ0v) is 25.0. The number of rotatable bonds is 7. The van der Waals surface area contributed by atoms with Gasteiger partial charge in [-0.2, -0.15) is 0 Å². The van der Waals surface area contributed by atoms with Gasteiger partial charge in [-0.25, -0.2) is 0 Å².